The maximum atomic E-state index is 13.8. The Hall–Kier alpha value is -1.19. The molecule has 2 aromatic rings. The Balaban J connectivity index is 2.11. The van der Waals surface area contributed by atoms with Crippen LogP contribution in [-0.4, -0.2) is 21.4 Å². The Morgan fingerprint density at radius 2 is 2.16 bits per heavy atom. The number of hydrogen-bond donors (Lipinski definition) is 0. The lowest BCUT2D eigenvalue weighted by molar-refractivity contribution is -0.387. The second kappa shape index (κ2) is 6.31. The second-order valence-corrected chi connectivity index (χ2v) is 6.59. The molecule has 19 heavy (non-hydrogen) atoms. The van der Waals surface area contributed by atoms with Crippen molar-refractivity contribution in [3.05, 3.63) is 39.7 Å². The molecule has 0 N–H and O–H groups in total. The molecule has 0 saturated heterocycles. The summed E-state index contributed by atoms with van der Waals surface area (Å²) in [6.07, 6.45) is 1.90. The van der Waals surface area contributed by atoms with Crippen molar-refractivity contribution in [2.24, 2.45) is 0 Å². The van der Waals surface area contributed by atoms with Gasteiger partial charge in [0, 0.05) is 17.4 Å². The summed E-state index contributed by atoms with van der Waals surface area (Å²) in [5.74, 6) is -0.495. The van der Waals surface area contributed by atoms with Crippen molar-refractivity contribution >= 4 is 40.5 Å². The number of hydrogen-bond acceptors (Lipinski definition) is 7. The van der Waals surface area contributed by atoms with E-state index in [0.717, 1.165) is 14.7 Å². The van der Waals surface area contributed by atoms with E-state index in [9.17, 15) is 14.5 Å². The van der Waals surface area contributed by atoms with Crippen LogP contribution in [0.2, 0.25) is 0 Å². The van der Waals surface area contributed by atoms with Gasteiger partial charge < -0.3 is 0 Å². The maximum Gasteiger partial charge on any atom is 0.305 e. The van der Waals surface area contributed by atoms with Crippen molar-refractivity contribution in [1.82, 2.24) is 10.2 Å². The number of nitro groups is 1. The number of nitrogens with zero attached hydrogens (tertiary/aromatic N) is 3. The highest BCUT2D eigenvalue weighted by atomic mass is 32.2. The summed E-state index contributed by atoms with van der Waals surface area (Å²) < 4.78 is 15.4. The van der Waals surface area contributed by atoms with E-state index >= 15 is 0 Å². The molecule has 0 amide bonds. The summed E-state index contributed by atoms with van der Waals surface area (Å²) >= 11 is 4.22. The Labute approximate surface area is 120 Å². The third kappa shape index (κ3) is 3.43. The molecule has 1 heterocycles. The van der Waals surface area contributed by atoms with Gasteiger partial charge in [-0.25, -0.2) is 0 Å². The van der Waals surface area contributed by atoms with Gasteiger partial charge in [-0.15, -0.1) is 10.2 Å². The fourth-order valence-corrected chi connectivity index (χ4v) is 3.71. The van der Waals surface area contributed by atoms with Crippen LogP contribution in [0.5, 0.6) is 0 Å². The zero-order chi connectivity index (χ0) is 13.8. The molecule has 0 atom stereocenters. The molecule has 0 aliphatic rings. The highest BCUT2D eigenvalue weighted by Gasteiger charge is 2.17. The molecule has 1 aromatic heterocycles. The van der Waals surface area contributed by atoms with E-state index < -0.39 is 16.4 Å². The first-order chi connectivity index (χ1) is 9.11. The number of rotatable bonds is 5. The number of aromatic nitrogens is 2. The Bertz CT molecular complexity index is 605. The SMILES string of the molecule is CSc1nnc(SCc2cccc([N+](=O)[O-])c2F)s1. The average molecular weight is 317 g/mol. The van der Waals surface area contributed by atoms with Crippen molar-refractivity contribution in [3.63, 3.8) is 0 Å². The van der Waals surface area contributed by atoms with E-state index in [1.807, 2.05) is 6.26 Å². The summed E-state index contributed by atoms with van der Waals surface area (Å²) in [6.45, 7) is 0. The standard InChI is InChI=1S/C10H8FN3O2S3/c1-17-9-12-13-10(19-9)18-5-6-3-2-4-7(8(6)11)14(15)16/h2-4H,5H2,1H3. The molecule has 0 aliphatic heterocycles. The highest BCUT2D eigenvalue weighted by Crippen LogP contribution is 2.31. The van der Waals surface area contributed by atoms with Gasteiger partial charge in [0.05, 0.1) is 4.92 Å². The normalized spacial score (nSPS) is 10.6. The predicted molar refractivity (Wildman–Crippen MR) is 74.3 cm³/mol. The van der Waals surface area contributed by atoms with Crippen LogP contribution >= 0.6 is 34.9 Å². The molecule has 2 rings (SSSR count). The molecular formula is C10H8FN3O2S3. The van der Waals surface area contributed by atoms with Gasteiger partial charge in [-0.3, -0.25) is 10.1 Å². The Kier molecular flexibility index (Phi) is 4.72. The monoisotopic (exact) mass is 317 g/mol. The van der Waals surface area contributed by atoms with Crippen LogP contribution in [-0.2, 0) is 5.75 Å². The summed E-state index contributed by atoms with van der Waals surface area (Å²) in [5, 5.41) is 18.5. The zero-order valence-corrected chi connectivity index (χ0v) is 12.1. The predicted octanol–water partition coefficient (Wildman–Crippen LogP) is 3.60. The van der Waals surface area contributed by atoms with Gasteiger partial charge in [0.25, 0.3) is 0 Å². The lowest BCUT2D eigenvalue weighted by atomic mass is 10.2. The topological polar surface area (TPSA) is 68.9 Å². The van der Waals surface area contributed by atoms with Gasteiger partial charge in [-0.1, -0.05) is 47.0 Å². The zero-order valence-electron chi connectivity index (χ0n) is 9.70. The molecule has 1 aromatic carbocycles. The molecule has 0 radical (unpaired) electrons. The molecule has 0 spiro atoms. The lowest BCUT2D eigenvalue weighted by Gasteiger charge is -2.01. The van der Waals surface area contributed by atoms with Crippen LogP contribution in [0.25, 0.3) is 0 Å². The van der Waals surface area contributed by atoms with Crippen molar-refractivity contribution in [1.29, 1.82) is 0 Å². The fraction of sp³-hybridized carbons (Fsp3) is 0.200. The van der Waals surface area contributed by atoms with Crippen LogP contribution in [0.1, 0.15) is 5.56 Å². The van der Waals surface area contributed by atoms with Crippen LogP contribution < -0.4 is 0 Å². The van der Waals surface area contributed by atoms with Crippen LogP contribution in [0.4, 0.5) is 10.1 Å². The minimum atomic E-state index is -0.783. The smallest absolute Gasteiger partial charge is 0.258 e. The first-order valence-corrected chi connectivity index (χ1v) is 8.06. The van der Waals surface area contributed by atoms with E-state index in [1.54, 1.807) is 0 Å². The van der Waals surface area contributed by atoms with Crippen LogP contribution in [0.15, 0.2) is 26.9 Å². The quantitative estimate of drug-likeness (QED) is 0.477. The minimum absolute atomic E-state index is 0.288. The van der Waals surface area contributed by atoms with Gasteiger partial charge in [0.15, 0.2) is 8.68 Å². The van der Waals surface area contributed by atoms with E-state index in [4.69, 9.17) is 0 Å². The summed E-state index contributed by atoms with van der Waals surface area (Å²) in [7, 11) is 0. The number of nitro benzene ring substituents is 1. The van der Waals surface area contributed by atoms with Gasteiger partial charge in [-0.05, 0) is 6.26 Å². The van der Waals surface area contributed by atoms with Crippen molar-refractivity contribution in [2.45, 2.75) is 14.4 Å². The largest absolute Gasteiger partial charge is 0.305 e. The third-order valence-electron chi connectivity index (χ3n) is 2.17. The molecule has 9 heteroatoms. The number of halogens is 1. The summed E-state index contributed by atoms with van der Waals surface area (Å²) in [6, 6.07) is 4.16. The van der Waals surface area contributed by atoms with E-state index in [1.165, 1.54) is 47.0 Å². The Morgan fingerprint density at radius 1 is 1.42 bits per heavy atom. The van der Waals surface area contributed by atoms with Gasteiger partial charge in [-0.2, -0.15) is 4.39 Å². The van der Waals surface area contributed by atoms with Crippen molar-refractivity contribution in [2.75, 3.05) is 6.26 Å². The van der Waals surface area contributed by atoms with Gasteiger partial charge in [0.2, 0.25) is 5.82 Å². The van der Waals surface area contributed by atoms with Crippen molar-refractivity contribution in [3.8, 4) is 0 Å². The van der Waals surface area contributed by atoms with Gasteiger partial charge >= 0.3 is 5.69 Å². The first kappa shape index (κ1) is 14.2. The molecule has 0 aliphatic carbocycles. The second-order valence-electron chi connectivity index (χ2n) is 3.33. The van der Waals surface area contributed by atoms with E-state index in [-0.39, 0.29) is 5.75 Å². The fourth-order valence-electron chi connectivity index (χ4n) is 1.30. The molecule has 0 saturated carbocycles. The van der Waals surface area contributed by atoms with E-state index in [0.29, 0.717) is 5.56 Å². The van der Waals surface area contributed by atoms with E-state index in [2.05, 4.69) is 10.2 Å². The molecule has 0 fully saturated rings. The van der Waals surface area contributed by atoms with Crippen LogP contribution in [0.3, 0.4) is 0 Å². The van der Waals surface area contributed by atoms with Crippen molar-refractivity contribution < 1.29 is 9.31 Å². The molecule has 0 bridgehead atoms. The number of thioether (sulfide) groups is 2. The number of benzene rings is 1. The molecule has 0 unspecified atom stereocenters. The molecule has 5 nitrogen and oxygen atoms in total. The molecule has 100 valence electrons. The minimum Gasteiger partial charge on any atom is -0.258 e. The first-order valence-electron chi connectivity index (χ1n) is 5.04. The Morgan fingerprint density at radius 3 is 2.79 bits per heavy atom. The maximum absolute atomic E-state index is 13.8. The third-order valence-corrected chi connectivity index (χ3v) is 5.25. The highest BCUT2D eigenvalue weighted by molar-refractivity contribution is 8.02. The summed E-state index contributed by atoms with van der Waals surface area (Å²) in [4.78, 5) is 9.90. The lowest BCUT2D eigenvalue weighted by Crippen LogP contribution is -1.96. The molecular weight excluding hydrogens is 309 g/mol. The average Bonchev–Trinajstić information content (AvgIpc) is 2.85. The van der Waals surface area contributed by atoms with Crippen LogP contribution in [0, 0.1) is 15.9 Å². The van der Waals surface area contributed by atoms with Gasteiger partial charge in [0.1, 0.15) is 0 Å². The summed E-state index contributed by atoms with van der Waals surface area (Å²) in [5.41, 5.74) is -0.208.